The van der Waals surface area contributed by atoms with Gasteiger partial charge < -0.3 is 9.47 Å². The molecule has 17 heavy (non-hydrogen) atoms. The molecule has 0 aliphatic heterocycles. The van der Waals surface area contributed by atoms with Gasteiger partial charge in [-0.3, -0.25) is 0 Å². The number of hydrogen-bond donors (Lipinski definition) is 0. The molecule has 0 N–H and O–H groups in total. The second kappa shape index (κ2) is 11.9. The van der Waals surface area contributed by atoms with Gasteiger partial charge in [-0.25, -0.2) is 0 Å². The summed E-state index contributed by atoms with van der Waals surface area (Å²) in [6, 6.07) is 0. The molecular formula is C15H28O2. The fourth-order valence-corrected chi connectivity index (χ4v) is 1.47. The van der Waals surface area contributed by atoms with Gasteiger partial charge in [-0.05, 0) is 19.8 Å². The van der Waals surface area contributed by atoms with Gasteiger partial charge in [-0.1, -0.05) is 44.9 Å². The highest BCUT2D eigenvalue weighted by molar-refractivity contribution is 4.99. The molecule has 0 aliphatic rings. The van der Waals surface area contributed by atoms with Gasteiger partial charge in [0.25, 0.3) is 0 Å². The quantitative estimate of drug-likeness (QED) is 0.399. The molecule has 0 aliphatic carbocycles. The molecule has 0 aromatic carbocycles. The largest absolute Gasteiger partial charge is 0.371 e. The Hall–Kier alpha value is -0.600. The molecule has 2 heteroatoms. The summed E-state index contributed by atoms with van der Waals surface area (Å²) in [5.41, 5.74) is 0. The average molecular weight is 240 g/mol. The summed E-state index contributed by atoms with van der Waals surface area (Å²) >= 11 is 0. The lowest BCUT2D eigenvalue weighted by atomic mass is 10.2. The zero-order valence-electron chi connectivity index (χ0n) is 11.7. The Kier molecular flexibility index (Phi) is 11.5. The summed E-state index contributed by atoms with van der Waals surface area (Å²) in [5, 5.41) is 0. The summed E-state index contributed by atoms with van der Waals surface area (Å²) < 4.78 is 11.6. The fourth-order valence-electron chi connectivity index (χ4n) is 1.47. The van der Waals surface area contributed by atoms with Crippen molar-refractivity contribution >= 4 is 0 Å². The van der Waals surface area contributed by atoms with E-state index in [1.807, 2.05) is 25.2 Å². The Balaban J connectivity index is 4.15. The van der Waals surface area contributed by atoms with Crippen molar-refractivity contribution in [3.05, 3.63) is 24.8 Å². The van der Waals surface area contributed by atoms with E-state index in [0.29, 0.717) is 0 Å². The van der Waals surface area contributed by atoms with Crippen LogP contribution < -0.4 is 0 Å². The molecule has 2 atom stereocenters. The molecule has 0 rings (SSSR count). The summed E-state index contributed by atoms with van der Waals surface area (Å²) in [6.45, 7) is 11.7. The van der Waals surface area contributed by atoms with Crippen molar-refractivity contribution in [2.24, 2.45) is 0 Å². The van der Waals surface area contributed by atoms with E-state index in [2.05, 4.69) is 20.4 Å². The fraction of sp³-hybridized carbons (Fsp3) is 0.733. The standard InChI is InChI=1S/C15H28O2/c1-5-9-12-16-14(8-4)15(11-7-3)17-13-10-6-2/h7-8,11,14-15H,4-6,9-10,12-13H2,1-3H3/b11-7-/t14-,15+/m0/s1. The number of ether oxygens (including phenoxy) is 2. The van der Waals surface area contributed by atoms with Gasteiger partial charge in [-0.2, -0.15) is 0 Å². The van der Waals surface area contributed by atoms with Gasteiger partial charge in [0, 0.05) is 13.2 Å². The average Bonchev–Trinajstić information content (AvgIpc) is 2.34. The molecule has 100 valence electrons. The third-order valence-electron chi connectivity index (χ3n) is 2.55. The SMILES string of the molecule is C=C[C@H](OCCCC)[C@@H](/C=C\C)OCCCC. The van der Waals surface area contributed by atoms with Crippen LogP contribution in [0.3, 0.4) is 0 Å². The predicted molar refractivity (Wildman–Crippen MR) is 74.3 cm³/mol. The number of rotatable bonds is 11. The van der Waals surface area contributed by atoms with Crippen LogP contribution in [-0.4, -0.2) is 25.4 Å². The highest BCUT2D eigenvalue weighted by Gasteiger charge is 2.16. The minimum atomic E-state index is -0.0328. The first-order valence-corrected chi connectivity index (χ1v) is 6.78. The first-order valence-electron chi connectivity index (χ1n) is 6.78. The minimum absolute atomic E-state index is 0.000839. The van der Waals surface area contributed by atoms with Crippen molar-refractivity contribution < 1.29 is 9.47 Å². The van der Waals surface area contributed by atoms with Crippen molar-refractivity contribution in [2.45, 2.75) is 58.7 Å². The molecule has 2 nitrogen and oxygen atoms in total. The highest BCUT2D eigenvalue weighted by Crippen LogP contribution is 2.10. The summed E-state index contributed by atoms with van der Waals surface area (Å²) in [7, 11) is 0. The molecule has 0 unspecified atom stereocenters. The molecule has 0 spiro atoms. The third-order valence-corrected chi connectivity index (χ3v) is 2.55. The lowest BCUT2D eigenvalue weighted by molar-refractivity contribution is -0.0303. The first kappa shape index (κ1) is 16.4. The lowest BCUT2D eigenvalue weighted by Crippen LogP contribution is -2.29. The van der Waals surface area contributed by atoms with Crippen LogP contribution in [0.5, 0.6) is 0 Å². The minimum Gasteiger partial charge on any atom is -0.371 e. The number of allylic oxidation sites excluding steroid dienone is 1. The van der Waals surface area contributed by atoms with Crippen LogP contribution in [0.4, 0.5) is 0 Å². The Morgan fingerprint density at radius 3 is 1.94 bits per heavy atom. The Morgan fingerprint density at radius 2 is 1.53 bits per heavy atom. The molecule has 0 fully saturated rings. The maximum Gasteiger partial charge on any atom is 0.105 e. The molecule has 0 aromatic heterocycles. The monoisotopic (exact) mass is 240 g/mol. The van der Waals surface area contributed by atoms with Crippen molar-refractivity contribution in [2.75, 3.05) is 13.2 Å². The van der Waals surface area contributed by atoms with E-state index in [1.54, 1.807) is 0 Å². The predicted octanol–water partition coefficient (Wildman–Crippen LogP) is 4.12. The summed E-state index contributed by atoms with van der Waals surface area (Å²) in [5.74, 6) is 0. The molecule has 0 heterocycles. The van der Waals surface area contributed by atoms with E-state index in [0.717, 1.165) is 38.9 Å². The van der Waals surface area contributed by atoms with E-state index < -0.39 is 0 Å². The molecule has 0 saturated heterocycles. The van der Waals surface area contributed by atoms with Crippen LogP contribution in [0.25, 0.3) is 0 Å². The zero-order valence-corrected chi connectivity index (χ0v) is 11.7. The topological polar surface area (TPSA) is 18.5 Å². The van der Waals surface area contributed by atoms with E-state index in [-0.39, 0.29) is 12.2 Å². The molecular weight excluding hydrogens is 212 g/mol. The smallest absolute Gasteiger partial charge is 0.105 e. The van der Waals surface area contributed by atoms with Gasteiger partial charge in [0.05, 0.1) is 0 Å². The van der Waals surface area contributed by atoms with Crippen molar-refractivity contribution in [3.63, 3.8) is 0 Å². The van der Waals surface area contributed by atoms with Gasteiger partial charge in [0.15, 0.2) is 0 Å². The maximum atomic E-state index is 5.82. The lowest BCUT2D eigenvalue weighted by Gasteiger charge is -2.22. The highest BCUT2D eigenvalue weighted by atomic mass is 16.5. The van der Waals surface area contributed by atoms with Gasteiger partial charge in [-0.15, -0.1) is 6.58 Å². The normalized spacial score (nSPS) is 15.0. The number of hydrogen-bond acceptors (Lipinski definition) is 2. The first-order chi connectivity index (χ1) is 8.29. The second-order valence-corrected chi connectivity index (χ2v) is 4.14. The molecule has 0 radical (unpaired) electrons. The second-order valence-electron chi connectivity index (χ2n) is 4.14. The van der Waals surface area contributed by atoms with E-state index >= 15 is 0 Å². The van der Waals surface area contributed by atoms with Gasteiger partial charge >= 0.3 is 0 Å². The third kappa shape index (κ3) is 8.17. The van der Waals surface area contributed by atoms with Crippen LogP contribution in [0.15, 0.2) is 24.8 Å². The summed E-state index contributed by atoms with van der Waals surface area (Å²) in [6.07, 6.45) is 10.3. The van der Waals surface area contributed by atoms with Gasteiger partial charge in [0.2, 0.25) is 0 Å². The molecule has 0 aromatic rings. The Labute approximate surface area is 107 Å². The van der Waals surface area contributed by atoms with Crippen molar-refractivity contribution in [1.29, 1.82) is 0 Å². The van der Waals surface area contributed by atoms with Crippen LogP contribution in [0, 0.1) is 0 Å². The van der Waals surface area contributed by atoms with Crippen LogP contribution in [0.1, 0.15) is 46.5 Å². The van der Waals surface area contributed by atoms with E-state index in [4.69, 9.17) is 9.47 Å². The number of unbranched alkanes of at least 4 members (excludes halogenated alkanes) is 2. The summed E-state index contributed by atoms with van der Waals surface area (Å²) in [4.78, 5) is 0. The van der Waals surface area contributed by atoms with E-state index in [1.165, 1.54) is 0 Å². The van der Waals surface area contributed by atoms with Crippen LogP contribution in [0.2, 0.25) is 0 Å². The van der Waals surface area contributed by atoms with Crippen molar-refractivity contribution in [1.82, 2.24) is 0 Å². The van der Waals surface area contributed by atoms with Crippen molar-refractivity contribution in [3.8, 4) is 0 Å². The molecule has 0 saturated carbocycles. The van der Waals surface area contributed by atoms with Gasteiger partial charge in [0.1, 0.15) is 12.2 Å². The van der Waals surface area contributed by atoms with Crippen LogP contribution in [-0.2, 0) is 9.47 Å². The molecule has 0 amide bonds. The van der Waals surface area contributed by atoms with Crippen LogP contribution >= 0.6 is 0 Å². The maximum absolute atomic E-state index is 5.82. The molecule has 0 bridgehead atoms. The van der Waals surface area contributed by atoms with E-state index in [9.17, 15) is 0 Å². The zero-order chi connectivity index (χ0) is 12.9. The Morgan fingerprint density at radius 1 is 1.00 bits per heavy atom. The Bertz CT molecular complexity index is 199.